The van der Waals surface area contributed by atoms with Gasteiger partial charge in [0.1, 0.15) is 0 Å². The Bertz CT molecular complexity index is 504. The second-order valence-electron chi connectivity index (χ2n) is 5.24. The van der Waals surface area contributed by atoms with Gasteiger partial charge in [0.2, 0.25) is 5.91 Å². The molecular formula is C15H23N3OS. The maximum absolute atomic E-state index is 11.4. The van der Waals surface area contributed by atoms with E-state index in [1.807, 2.05) is 17.8 Å². The number of hydrogen-bond donors (Lipinski definition) is 2. The molecule has 1 unspecified atom stereocenters. The van der Waals surface area contributed by atoms with Crippen LogP contribution in [-0.2, 0) is 11.2 Å². The molecule has 3 N–H and O–H groups in total. The van der Waals surface area contributed by atoms with Gasteiger partial charge >= 0.3 is 0 Å². The van der Waals surface area contributed by atoms with Gasteiger partial charge in [-0.3, -0.25) is 4.79 Å². The highest BCUT2D eigenvalue weighted by molar-refractivity contribution is 7.98. The molecule has 1 aliphatic heterocycles. The third-order valence-electron chi connectivity index (χ3n) is 3.91. The molecule has 1 heterocycles. The van der Waals surface area contributed by atoms with Crippen molar-refractivity contribution in [3.8, 4) is 0 Å². The summed E-state index contributed by atoms with van der Waals surface area (Å²) in [4.78, 5) is 13.7. The van der Waals surface area contributed by atoms with Crippen LogP contribution < -0.4 is 16.0 Å². The zero-order valence-electron chi connectivity index (χ0n) is 12.4. The number of carbonyl (C=O) groups is 1. The number of aryl methyl sites for hydroxylation is 1. The summed E-state index contributed by atoms with van der Waals surface area (Å²) in [6.07, 6.45) is 4.57. The molecule has 0 radical (unpaired) electrons. The molecule has 110 valence electrons. The van der Waals surface area contributed by atoms with Crippen LogP contribution in [0.3, 0.4) is 0 Å². The number of nitrogen functional groups attached to an aromatic ring is 1. The molecule has 0 aliphatic carbocycles. The van der Waals surface area contributed by atoms with Crippen molar-refractivity contribution in [2.24, 2.45) is 0 Å². The first-order valence-electron chi connectivity index (χ1n) is 7.00. The highest BCUT2D eigenvalue weighted by atomic mass is 32.2. The van der Waals surface area contributed by atoms with E-state index in [0.717, 1.165) is 35.7 Å². The quantitative estimate of drug-likeness (QED) is 0.820. The summed E-state index contributed by atoms with van der Waals surface area (Å²) in [7, 11) is 2.10. The van der Waals surface area contributed by atoms with E-state index in [-0.39, 0.29) is 5.91 Å². The monoisotopic (exact) mass is 293 g/mol. The number of benzene rings is 1. The van der Waals surface area contributed by atoms with E-state index in [1.54, 1.807) is 0 Å². The minimum atomic E-state index is 0.0758. The SMILES string of the molecule is CCC(CSC)N(C)c1cc2c(cc1N)NC(=O)CC2. The normalized spacial score (nSPS) is 15.4. The largest absolute Gasteiger partial charge is 0.397 e. The lowest BCUT2D eigenvalue weighted by Crippen LogP contribution is -2.34. The van der Waals surface area contributed by atoms with Gasteiger partial charge in [0.15, 0.2) is 0 Å². The van der Waals surface area contributed by atoms with Crippen LogP contribution in [0.5, 0.6) is 0 Å². The first-order valence-corrected chi connectivity index (χ1v) is 8.40. The molecule has 0 saturated carbocycles. The lowest BCUT2D eigenvalue weighted by molar-refractivity contribution is -0.116. The first kappa shape index (κ1) is 15.0. The number of rotatable bonds is 5. The van der Waals surface area contributed by atoms with Crippen molar-refractivity contribution >= 4 is 34.7 Å². The number of thioether (sulfide) groups is 1. The molecule has 1 aromatic rings. The number of carbonyl (C=O) groups excluding carboxylic acids is 1. The van der Waals surface area contributed by atoms with Crippen molar-refractivity contribution in [2.45, 2.75) is 32.2 Å². The van der Waals surface area contributed by atoms with Crippen LogP contribution in [0.25, 0.3) is 0 Å². The van der Waals surface area contributed by atoms with Gasteiger partial charge in [0, 0.05) is 31.0 Å². The van der Waals surface area contributed by atoms with E-state index >= 15 is 0 Å². The summed E-state index contributed by atoms with van der Waals surface area (Å²) in [5.74, 6) is 1.16. The standard InChI is InChI=1S/C15H23N3OS/c1-4-11(9-20-3)18(2)14-7-10-5-6-15(19)17-13(10)8-12(14)16/h7-8,11H,4-6,9,16H2,1-3H3,(H,17,19). The number of fused-ring (bicyclic) bond motifs is 1. The minimum absolute atomic E-state index is 0.0758. The Morgan fingerprint density at radius 2 is 2.20 bits per heavy atom. The van der Waals surface area contributed by atoms with Crippen molar-refractivity contribution in [1.29, 1.82) is 0 Å². The Labute approximate surface area is 125 Å². The third kappa shape index (κ3) is 3.03. The van der Waals surface area contributed by atoms with Crippen LogP contribution in [0.15, 0.2) is 12.1 Å². The van der Waals surface area contributed by atoms with Gasteiger partial charge in [-0.25, -0.2) is 0 Å². The predicted octanol–water partition coefficient (Wildman–Crippen LogP) is 2.73. The molecule has 1 atom stereocenters. The molecule has 0 fully saturated rings. The molecule has 5 heteroatoms. The maximum Gasteiger partial charge on any atom is 0.224 e. The van der Waals surface area contributed by atoms with E-state index in [2.05, 4.69) is 36.5 Å². The Kier molecular flexibility index (Phi) is 4.81. The van der Waals surface area contributed by atoms with Crippen LogP contribution in [0.4, 0.5) is 17.1 Å². The number of nitrogens with two attached hydrogens (primary N) is 1. The number of nitrogens with zero attached hydrogens (tertiary/aromatic N) is 1. The summed E-state index contributed by atoms with van der Waals surface area (Å²) >= 11 is 1.85. The van der Waals surface area contributed by atoms with Gasteiger partial charge < -0.3 is 16.0 Å². The molecule has 1 aliphatic rings. The summed E-state index contributed by atoms with van der Waals surface area (Å²) < 4.78 is 0. The lowest BCUT2D eigenvalue weighted by atomic mass is 10.0. The van der Waals surface area contributed by atoms with Crippen molar-refractivity contribution in [3.63, 3.8) is 0 Å². The molecule has 0 saturated heterocycles. The van der Waals surface area contributed by atoms with Gasteiger partial charge in [0.05, 0.1) is 11.4 Å². The lowest BCUT2D eigenvalue weighted by Gasteiger charge is -2.31. The van der Waals surface area contributed by atoms with Gasteiger partial charge in [-0.05, 0) is 36.8 Å². The highest BCUT2D eigenvalue weighted by Crippen LogP contribution is 2.34. The molecule has 20 heavy (non-hydrogen) atoms. The smallest absolute Gasteiger partial charge is 0.224 e. The topological polar surface area (TPSA) is 58.4 Å². The number of hydrogen-bond acceptors (Lipinski definition) is 4. The predicted molar refractivity (Wildman–Crippen MR) is 88.7 cm³/mol. The molecule has 0 bridgehead atoms. The van der Waals surface area contributed by atoms with Crippen molar-refractivity contribution < 1.29 is 4.79 Å². The Balaban J connectivity index is 2.30. The zero-order chi connectivity index (χ0) is 14.7. The van der Waals surface area contributed by atoms with E-state index in [1.165, 1.54) is 5.56 Å². The third-order valence-corrected chi connectivity index (χ3v) is 4.62. The summed E-state index contributed by atoms with van der Waals surface area (Å²) in [6.45, 7) is 2.20. The van der Waals surface area contributed by atoms with Crippen molar-refractivity contribution in [1.82, 2.24) is 0 Å². The maximum atomic E-state index is 11.4. The van der Waals surface area contributed by atoms with Gasteiger partial charge in [-0.15, -0.1) is 0 Å². The second kappa shape index (κ2) is 6.39. The molecule has 1 amide bonds. The molecule has 2 rings (SSSR count). The van der Waals surface area contributed by atoms with Crippen molar-refractivity contribution in [2.75, 3.05) is 35.0 Å². The first-order chi connectivity index (χ1) is 9.56. The molecular weight excluding hydrogens is 270 g/mol. The van der Waals surface area contributed by atoms with Gasteiger partial charge in [-0.1, -0.05) is 6.92 Å². The average molecular weight is 293 g/mol. The summed E-state index contributed by atoms with van der Waals surface area (Å²) in [6, 6.07) is 4.50. The van der Waals surface area contributed by atoms with Gasteiger partial charge in [0.25, 0.3) is 0 Å². The molecule has 1 aromatic carbocycles. The molecule has 0 aromatic heterocycles. The Morgan fingerprint density at radius 1 is 1.45 bits per heavy atom. The fraction of sp³-hybridized carbons (Fsp3) is 0.533. The van der Waals surface area contributed by atoms with Crippen LogP contribution in [-0.4, -0.2) is 31.0 Å². The fourth-order valence-corrected chi connectivity index (χ4v) is 3.47. The molecule has 0 spiro atoms. The van der Waals surface area contributed by atoms with E-state index in [9.17, 15) is 4.79 Å². The summed E-state index contributed by atoms with van der Waals surface area (Å²) in [5.41, 5.74) is 10.0. The van der Waals surface area contributed by atoms with Crippen LogP contribution in [0.2, 0.25) is 0 Å². The summed E-state index contributed by atoms with van der Waals surface area (Å²) in [5, 5.41) is 2.89. The van der Waals surface area contributed by atoms with E-state index in [0.29, 0.717) is 12.5 Å². The Morgan fingerprint density at radius 3 is 2.85 bits per heavy atom. The molecule has 4 nitrogen and oxygen atoms in total. The average Bonchev–Trinajstić information content (AvgIpc) is 2.43. The minimum Gasteiger partial charge on any atom is -0.397 e. The zero-order valence-corrected chi connectivity index (χ0v) is 13.2. The van der Waals surface area contributed by atoms with Gasteiger partial charge in [-0.2, -0.15) is 11.8 Å². The Hall–Kier alpha value is -1.36. The van der Waals surface area contributed by atoms with E-state index < -0.39 is 0 Å². The second-order valence-corrected chi connectivity index (χ2v) is 6.16. The highest BCUT2D eigenvalue weighted by Gasteiger charge is 2.20. The number of nitrogens with one attached hydrogen (secondary N) is 1. The van der Waals surface area contributed by atoms with Crippen LogP contribution in [0, 0.1) is 0 Å². The number of anilines is 3. The van der Waals surface area contributed by atoms with Crippen LogP contribution in [0.1, 0.15) is 25.3 Å². The van der Waals surface area contributed by atoms with Crippen LogP contribution >= 0.6 is 11.8 Å². The fourth-order valence-electron chi connectivity index (χ4n) is 2.63. The van der Waals surface area contributed by atoms with Crippen molar-refractivity contribution in [3.05, 3.63) is 17.7 Å². The van der Waals surface area contributed by atoms with E-state index in [4.69, 9.17) is 5.73 Å². The number of amides is 1.